The molecule has 0 aromatic heterocycles. The Bertz CT molecular complexity index is 96.9. The largest absolute Gasteiger partial charge is 0.306 e. The van der Waals surface area contributed by atoms with Gasteiger partial charge in [0.2, 0.25) is 0 Å². The van der Waals surface area contributed by atoms with Crippen molar-refractivity contribution in [2.45, 2.75) is 26.7 Å². The van der Waals surface area contributed by atoms with Crippen LogP contribution in [0.2, 0.25) is 0 Å². The molecule has 9 heavy (non-hydrogen) atoms. The van der Waals surface area contributed by atoms with E-state index in [1.807, 2.05) is 6.92 Å². The standard InChI is InChI=1S/C8H15N/c1-3-5-7-9-8-6-4-2/h9H,3,5,7-8H2,1-2H3. The van der Waals surface area contributed by atoms with Crippen molar-refractivity contribution in [3.05, 3.63) is 0 Å². The highest BCUT2D eigenvalue weighted by atomic mass is 14.8. The first-order chi connectivity index (χ1) is 4.41. The lowest BCUT2D eigenvalue weighted by Crippen LogP contribution is -2.14. The Morgan fingerprint density at radius 2 is 2.22 bits per heavy atom. The summed E-state index contributed by atoms with van der Waals surface area (Å²) in [5, 5.41) is 3.21. The molecule has 0 bridgehead atoms. The van der Waals surface area contributed by atoms with Crippen LogP contribution in [0.15, 0.2) is 0 Å². The molecule has 0 rings (SSSR count). The average Bonchev–Trinajstić information content (AvgIpc) is 1.89. The molecule has 0 unspecified atom stereocenters. The Morgan fingerprint density at radius 1 is 1.44 bits per heavy atom. The zero-order valence-corrected chi connectivity index (χ0v) is 6.33. The van der Waals surface area contributed by atoms with Gasteiger partial charge < -0.3 is 5.32 Å². The van der Waals surface area contributed by atoms with Crippen molar-refractivity contribution in [3.8, 4) is 11.8 Å². The molecule has 0 atom stereocenters. The van der Waals surface area contributed by atoms with Crippen LogP contribution in [0.4, 0.5) is 0 Å². The monoisotopic (exact) mass is 125 g/mol. The molecule has 1 heteroatoms. The van der Waals surface area contributed by atoms with Gasteiger partial charge in [0, 0.05) is 0 Å². The van der Waals surface area contributed by atoms with E-state index in [4.69, 9.17) is 0 Å². The van der Waals surface area contributed by atoms with Crippen molar-refractivity contribution < 1.29 is 0 Å². The molecule has 0 aromatic carbocycles. The summed E-state index contributed by atoms with van der Waals surface area (Å²) in [5.74, 6) is 5.78. The Morgan fingerprint density at radius 3 is 2.78 bits per heavy atom. The van der Waals surface area contributed by atoms with Gasteiger partial charge in [0.05, 0.1) is 6.54 Å². The molecule has 0 amide bonds. The lowest BCUT2D eigenvalue weighted by molar-refractivity contribution is 0.686. The normalized spacial score (nSPS) is 8.22. The zero-order valence-electron chi connectivity index (χ0n) is 6.33. The second kappa shape index (κ2) is 7.52. The van der Waals surface area contributed by atoms with E-state index in [9.17, 15) is 0 Å². The van der Waals surface area contributed by atoms with Crippen molar-refractivity contribution in [3.63, 3.8) is 0 Å². The van der Waals surface area contributed by atoms with Crippen LogP contribution in [-0.2, 0) is 0 Å². The Kier molecular flexibility index (Phi) is 7.12. The summed E-state index contributed by atoms with van der Waals surface area (Å²) >= 11 is 0. The molecule has 0 radical (unpaired) electrons. The molecule has 0 fully saturated rings. The van der Waals surface area contributed by atoms with Crippen LogP contribution < -0.4 is 5.32 Å². The number of unbranched alkanes of at least 4 members (excludes halogenated alkanes) is 1. The average molecular weight is 125 g/mol. The summed E-state index contributed by atoms with van der Waals surface area (Å²) in [6.45, 7) is 6.00. The number of hydrogen-bond donors (Lipinski definition) is 1. The molecular formula is C8H15N. The second-order valence-electron chi connectivity index (χ2n) is 1.96. The molecule has 0 saturated heterocycles. The highest BCUT2D eigenvalue weighted by Gasteiger charge is 1.79. The van der Waals surface area contributed by atoms with E-state index in [1.165, 1.54) is 12.8 Å². The third-order valence-electron chi connectivity index (χ3n) is 1.10. The van der Waals surface area contributed by atoms with Gasteiger partial charge in [-0.25, -0.2) is 0 Å². The maximum Gasteiger partial charge on any atom is 0.0576 e. The fourth-order valence-corrected chi connectivity index (χ4v) is 0.541. The third kappa shape index (κ3) is 7.52. The Balaban J connectivity index is 2.80. The van der Waals surface area contributed by atoms with E-state index in [0.717, 1.165) is 13.1 Å². The van der Waals surface area contributed by atoms with E-state index in [1.54, 1.807) is 0 Å². The molecular weight excluding hydrogens is 110 g/mol. The van der Waals surface area contributed by atoms with Crippen LogP contribution in [0.5, 0.6) is 0 Å². The topological polar surface area (TPSA) is 12.0 Å². The van der Waals surface area contributed by atoms with E-state index < -0.39 is 0 Å². The molecule has 0 aliphatic rings. The molecule has 0 saturated carbocycles. The van der Waals surface area contributed by atoms with Crippen molar-refractivity contribution >= 4 is 0 Å². The van der Waals surface area contributed by atoms with E-state index in [-0.39, 0.29) is 0 Å². The van der Waals surface area contributed by atoms with Gasteiger partial charge >= 0.3 is 0 Å². The molecule has 1 N–H and O–H groups in total. The molecule has 0 spiro atoms. The van der Waals surface area contributed by atoms with Gasteiger partial charge in [0.15, 0.2) is 0 Å². The quantitative estimate of drug-likeness (QED) is 0.442. The number of rotatable bonds is 4. The van der Waals surface area contributed by atoms with Gasteiger partial charge in [-0.2, -0.15) is 0 Å². The van der Waals surface area contributed by atoms with Crippen LogP contribution in [0.3, 0.4) is 0 Å². The molecule has 0 aromatic rings. The van der Waals surface area contributed by atoms with Crippen LogP contribution in [0, 0.1) is 11.8 Å². The van der Waals surface area contributed by atoms with Gasteiger partial charge in [-0.05, 0) is 19.9 Å². The first-order valence-corrected chi connectivity index (χ1v) is 3.52. The zero-order chi connectivity index (χ0) is 6.95. The van der Waals surface area contributed by atoms with Crippen molar-refractivity contribution in [2.75, 3.05) is 13.1 Å². The van der Waals surface area contributed by atoms with Gasteiger partial charge in [0.1, 0.15) is 0 Å². The summed E-state index contributed by atoms with van der Waals surface area (Å²) in [4.78, 5) is 0. The fourth-order valence-electron chi connectivity index (χ4n) is 0.541. The molecule has 0 heterocycles. The Labute approximate surface area is 57.8 Å². The Hall–Kier alpha value is -0.480. The summed E-state index contributed by atoms with van der Waals surface area (Å²) in [6, 6.07) is 0. The van der Waals surface area contributed by atoms with Gasteiger partial charge in [0.25, 0.3) is 0 Å². The van der Waals surface area contributed by atoms with E-state index in [2.05, 4.69) is 24.1 Å². The van der Waals surface area contributed by atoms with Crippen molar-refractivity contribution in [1.29, 1.82) is 0 Å². The fraction of sp³-hybridized carbons (Fsp3) is 0.750. The summed E-state index contributed by atoms with van der Waals surface area (Å²) < 4.78 is 0. The van der Waals surface area contributed by atoms with Crippen molar-refractivity contribution in [2.24, 2.45) is 0 Å². The third-order valence-corrected chi connectivity index (χ3v) is 1.10. The predicted octanol–water partition coefficient (Wildman–Crippen LogP) is 1.40. The first kappa shape index (κ1) is 8.52. The minimum Gasteiger partial charge on any atom is -0.306 e. The maximum absolute atomic E-state index is 3.21. The maximum atomic E-state index is 3.21. The summed E-state index contributed by atoms with van der Waals surface area (Å²) in [7, 11) is 0. The molecule has 52 valence electrons. The van der Waals surface area contributed by atoms with Gasteiger partial charge in [-0.15, -0.1) is 5.92 Å². The van der Waals surface area contributed by atoms with Gasteiger partial charge in [-0.1, -0.05) is 19.3 Å². The highest BCUT2D eigenvalue weighted by molar-refractivity contribution is 4.96. The van der Waals surface area contributed by atoms with Crippen LogP contribution in [0.25, 0.3) is 0 Å². The van der Waals surface area contributed by atoms with E-state index >= 15 is 0 Å². The molecule has 0 aliphatic carbocycles. The lowest BCUT2D eigenvalue weighted by atomic mass is 10.3. The van der Waals surface area contributed by atoms with Gasteiger partial charge in [-0.3, -0.25) is 0 Å². The number of nitrogens with one attached hydrogen (secondary N) is 1. The molecule has 1 nitrogen and oxygen atoms in total. The predicted molar refractivity (Wildman–Crippen MR) is 41.2 cm³/mol. The smallest absolute Gasteiger partial charge is 0.0576 e. The lowest BCUT2D eigenvalue weighted by Gasteiger charge is -1.95. The second-order valence-corrected chi connectivity index (χ2v) is 1.96. The summed E-state index contributed by atoms with van der Waals surface area (Å²) in [6.07, 6.45) is 2.51. The number of hydrogen-bond acceptors (Lipinski definition) is 1. The van der Waals surface area contributed by atoms with Crippen molar-refractivity contribution in [1.82, 2.24) is 5.32 Å². The minimum atomic E-state index is 0.844. The first-order valence-electron chi connectivity index (χ1n) is 3.52. The van der Waals surface area contributed by atoms with E-state index in [0.29, 0.717) is 0 Å². The van der Waals surface area contributed by atoms with Crippen LogP contribution in [0.1, 0.15) is 26.7 Å². The molecule has 0 aliphatic heterocycles. The highest BCUT2D eigenvalue weighted by Crippen LogP contribution is 1.80. The summed E-state index contributed by atoms with van der Waals surface area (Å²) in [5.41, 5.74) is 0. The SMILES string of the molecule is CC#CCNCCCC. The van der Waals surface area contributed by atoms with Crippen LogP contribution >= 0.6 is 0 Å². The minimum absolute atomic E-state index is 0.844. The van der Waals surface area contributed by atoms with Crippen LogP contribution in [-0.4, -0.2) is 13.1 Å².